The molecule has 1 saturated heterocycles. The zero-order valence-corrected chi connectivity index (χ0v) is 10.8. The number of nitrogens with zero attached hydrogens (tertiary/aromatic N) is 1. The number of nitro groups is 1. The highest BCUT2D eigenvalue weighted by atomic mass is 32.2. The van der Waals surface area contributed by atoms with Crippen molar-refractivity contribution in [2.45, 2.75) is 6.04 Å². The molecule has 0 aliphatic carbocycles. The number of anilines is 1. The van der Waals surface area contributed by atoms with E-state index in [2.05, 4.69) is 10.6 Å². The Kier molecular flexibility index (Phi) is 4.23. The zero-order chi connectivity index (χ0) is 13.8. The number of non-ortho nitro benzene ring substituents is 1. The number of aromatic hydroxyl groups is 1. The Morgan fingerprint density at radius 1 is 1.58 bits per heavy atom. The highest BCUT2D eigenvalue weighted by Crippen LogP contribution is 2.28. The van der Waals surface area contributed by atoms with E-state index in [0.717, 1.165) is 18.4 Å². The van der Waals surface area contributed by atoms with Crippen molar-refractivity contribution < 1.29 is 14.8 Å². The van der Waals surface area contributed by atoms with Gasteiger partial charge in [0.05, 0.1) is 22.7 Å². The summed E-state index contributed by atoms with van der Waals surface area (Å²) in [4.78, 5) is 21.8. The van der Waals surface area contributed by atoms with E-state index in [0.29, 0.717) is 5.75 Å². The molecule has 0 radical (unpaired) electrons. The van der Waals surface area contributed by atoms with E-state index in [-0.39, 0.29) is 29.1 Å². The van der Waals surface area contributed by atoms with Crippen LogP contribution in [0.1, 0.15) is 0 Å². The molecule has 1 atom stereocenters. The van der Waals surface area contributed by atoms with E-state index >= 15 is 0 Å². The van der Waals surface area contributed by atoms with Gasteiger partial charge in [-0.25, -0.2) is 0 Å². The molecule has 8 heteroatoms. The van der Waals surface area contributed by atoms with Gasteiger partial charge in [-0.15, -0.1) is 0 Å². The molecule has 3 N–H and O–H groups in total. The minimum Gasteiger partial charge on any atom is -0.506 e. The molecular weight excluding hydrogens is 270 g/mol. The van der Waals surface area contributed by atoms with Crippen molar-refractivity contribution in [2.24, 2.45) is 0 Å². The standard InChI is InChI=1S/C11H13N3O4S/c15-10-5-7(14(17)18)1-2-8(10)13-11(16)9-6-19-4-3-12-9/h1-2,5,9,12,15H,3-4,6H2,(H,13,16). The van der Waals surface area contributed by atoms with Crippen LogP contribution < -0.4 is 10.6 Å². The van der Waals surface area contributed by atoms with Crippen LogP contribution in [0, 0.1) is 10.1 Å². The van der Waals surface area contributed by atoms with Crippen LogP contribution in [0.2, 0.25) is 0 Å². The second-order valence-electron chi connectivity index (χ2n) is 4.03. The van der Waals surface area contributed by atoms with Gasteiger partial charge in [0.15, 0.2) is 0 Å². The second kappa shape index (κ2) is 5.89. The molecule has 1 fully saturated rings. The molecule has 19 heavy (non-hydrogen) atoms. The largest absolute Gasteiger partial charge is 0.506 e. The number of amides is 1. The van der Waals surface area contributed by atoms with Crippen LogP contribution in [0.15, 0.2) is 18.2 Å². The molecule has 102 valence electrons. The molecule has 1 amide bonds. The van der Waals surface area contributed by atoms with Gasteiger partial charge in [0.2, 0.25) is 5.91 Å². The van der Waals surface area contributed by atoms with Crippen molar-refractivity contribution in [2.75, 3.05) is 23.4 Å². The van der Waals surface area contributed by atoms with Crippen LogP contribution >= 0.6 is 11.8 Å². The molecule has 1 aliphatic rings. The maximum Gasteiger partial charge on any atom is 0.273 e. The molecule has 1 heterocycles. The van der Waals surface area contributed by atoms with E-state index in [1.807, 2.05) is 0 Å². The summed E-state index contributed by atoms with van der Waals surface area (Å²) in [5.41, 5.74) is -0.0465. The first-order valence-electron chi connectivity index (χ1n) is 5.67. The topological polar surface area (TPSA) is 104 Å². The van der Waals surface area contributed by atoms with Crippen LogP contribution in [0.3, 0.4) is 0 Å². The van der Waals surface area contributed by atoms with Crippen LogP contribution in [-0.4, -0.2) is 40.0 Å². The Morgan fingerprint density at radius 3 is 2.95 bits per heavy atom. The summed E-state index contributed by atoms with van der Waals surface area (Å²) in [5.74, 6) is 1.06. The first kappa shape index (κ1) is 13.6. The summed E-state index contributed by atoms with van der Waals surface area (Å²) in [6.07, 6.45) is 0. The average Bonchev–Trinajstić information content (AvgIpc) is 2.41. The molecular formula is C11H13N3O4S. The van der Waals surface area contributed by atoms with E-state index in [4.69, 9.17) is 0 Å². The highest BCUT2D eigenvalue weighted by molar-refractivity contribution is 7.99. The Bertz CT molecular complexity index is 503. The van der Waals surface area contributed by atoms with Crippen molar-refractivity contribution in [3.05, 3.63) is 28.3 Å². The van der Waals surface area contributed by atoms with Gasteiger partial charge in [0, 0.05) is 24.1 Å². The number of rotatable bonds is 3. The normalized spacial score (nSPS) is 18.8. The molecule has 0 aromatic heterocycles. The Hall–Kier alpha value is -1.80. The number of thioether (sulfide) groups is 1. The first-order valence-corrected chi connectivity index (χ1v) is 6.83. The van der Waals surface area contributed by atoms with E-state index in [9.17, 15) is 20.0 Å². The fourth-order valence-electron chi connectivity index (χ4n) is 1.69. The summed E-state index contributed by atoms with van der Waals surface area (Å²) in [5, 5.41) is 25.8. The van der Waals surface area contributed by atoms with E-state index < -0.39 is 4.92 Å². The number of carbonyl (C=O) groups is 1. The number of nitro benzene ring substituents is 1. The number of hydrogen-bond donors (Lipinski definition) is 3. The predicted molar refractivity (Wildman–Crippen MR) is 72.5 cm³/mol. The lowest BCUT2D eigenvalue weighted by atomic mass is 10.2. The molecule has 7 nitrogen and oxygen atoms in total. The van der Waals surface area contributed by atoms with Gasteiger partial charge in [-0.05, 0) is 6.07 Å². The molecule has 1 unspecified atom stereocenters. The predicted octanol–water partition coefficient (Wildman–Crippen LogP) is 0.944. The third-order valence-electron chi connectivity index (χ3n) is 2.69. The van der Waals surface area contributed by atoms with E-state index in [1.54, 1.807) is 11.8 Å². The van der Waals surface area contributed by atoms with Gasteiger partial charge in [-0.1, -0.05) is 0 Å². The number of benzene rings is 1. The number of phenolic OH excluding ortho intramolecular Hbond substituents is 1. The quantitative estimate of drug-likeness (QED) is 0.433. The minimum atomic E-state index is -0.606. The Labute approximate surface area is 113 Å². The lowest BCUT2D eigenvalue weighted by Crippen LogP contribution is -2.46. The van der Waals surface area contributed by atoms with Crippen LogP contribution in [-0.2, 0) is 4.79 Å². The van der Waals surface area contributed by atoms with Gasteiger partial charge in [-0.3, -0.25) is 14.9 Å². The fraction of sp³-hybridized carbons (Fsp3) is 0.364. The van der Waals surface area contributed by atoms with Crippen LogP contribution in [0.5, 0.6) is 5.75 Å². The van der Waals surface area contributed by atoms with Gasteiger partial charge < -0.3 is 15.7 Å². The maximum atomic E-state index is 11.9. The number of hydrogen-bond acceptors (Lipinski definition) is 6. The maximum absolute atomic E-state index is 11.9. The number of nitrogens with one attached hydrogen (secondary N) is 2. The van der Waals surface area contributed by atoms with Crippen LogP contribution in [0.25, 0.3) is 0 Å². The average molecular weight is 283 g/mol. The summed E-state index contributed by atoms with van der Waals surface area (Å²) in [6, 6.07) is 3.26. The number of phenols is 1. The van der Waals surface area contributed by atoms with Crippen molar-refractivity contribution in [3.8, 4) is 5.75 Å². The lowest BCUT2D eigenvalue weighted by Gasteiger charge is -2.22. The van der Waals surface area contributed by atoms with Crippen molar-refractivity contribution in [1.29, 1.82) is 0 Å². The van der Waals surface area contributed by atoms with E-state index in [1.165, 1.54) is 12.1 Å². The van der Waals surface area contributed by atoms with Crippen molar-refractivity contribution in [3.63, 3.8) is 0 Å². The molecule has 0 saturated carbocycles. The molecule has 2 rings (SSSR count). The zero-order valence-electron chi connectivity index (χ0n) is 9.96. The Balaban J connectivity index is 2.06. The first-order chi connectivity index (χ1) is 9.08. The third-order valence-corrected chi connectivity index (χ3v) is 3.75. The van der Waals surface area contributed by atoms with Crippen molar-refractivity contribution >= 4 is 29.0 Å². The summed E-state index contributed by atoms with van der Waals surface area (Å²) in [6.45, 7) is 0.759. The molecule has 1 aliphatic heterocycles. The smallest absolute Gasteiger partial charge is 0.273 e. The highest BCUT2D eigenvalue weighted by Gasteiger charge is 2.22. The summed E-state index contributed by atoms with van der Waals surface area (Å²) in [7, 11) is 0. The van der Waals surface area contributed by atoms with Crippen LogP contribution in [0.4, 0.5) is 11.4 Å². The molecule has 1 aromatic carbocycles. The molecule has 0 bridgehead atoms. The monoisotopic (exact) mass is 283 g/mol. The van der Waals surface area contributed by atoms with Gasteiger partial charge in [0.1, 0.15) is 5.75 Å². The van der Waals surface area contributed by atoms with Gasteiger partial charge >= 0.3 is 0 Å². The Morgan fingerprint density at radius 2 is 2.37 bits per heavy atom. The van der Waals surface area contributed by atoms with Crippen molar-refractivity contribution in [1.82, 2.24) is 5.32 Å². The van der Waals surface area contributed by atoms with Gasteiger partial charge in [0.25, 0.3) is 5.69 Å². The molecule has 0 spiro atoms. The lowest BCUT2D eigenvalue weighted by molar-refractivity contribution is -0.384. The third kappa shape index (κ3) is 3.36. The fourth-order valence-corrected chi connectivity index (χ4v) is 2.63. The summed E-state index contributed by atoms with van der Waals surface area (Å²) >= 11 is 1.68. The van der Waals surface area contributed by atoms with Gasteiger partial charge in [-0.2, -0.15) is 11.8 Å². The summed E-state index contributed by atoms with van der Waals surface area (Å²) < 4.78 is 0. The minimum absolute atomic E-state index is 0.174. The SMILES string of the molecule is O=C(Nc1ccc([N+](=O)[O-])cc1O)C1CSCCN1. The number of carbonyl (C=O) groups excluding carboxylic acids is 1. The second-order valence-corrected chi connectivity index (χ2v) is 5.18. The molecule has 1 aromatic rings.